The molecule has 0 spiro atoms. The van der Waals surface area contributed by atoms with Gasteiger partial charge in [-0.1, -0.05) is 24.3 Å². The second-order valence-corrected chi connectivity index (χ2v) is 6.25. The van der Waals surface area contributed by atoms with Crippen LogP contribution in [0.1, 0.15) is 17.5 Å². The Hall–Kier alpha value is -2.18. The Kier molecular flexibility index (Phi) is 3.48. The summed E-state index contributed by atoms with van der Waals surface area (Å²) >= 11 is 0. The van der Waals surface area contributed by atoms with Crippen LogP contribution in [-0.2, 0) is 16.5 Å². The predicted octanol–water partition coefficient (Wildman–Crippen LogP) is 2.70. The predicted molar refractivity (Wildman–Crippen MR) is 81.2 cm³/mol. The van der Waals surface area contributed by atoms with Gasteiger partial charge >= 0.3 is 0 Å². The maximum atomic E-state index is 11.0. The minimum atomic E-state index is -4.15. The van der Waals surface area contributed by atoms with Crippen LogP contribution in [0.25, 0.3) is 0 Å². The van der Waals surface area contributed by atoms with E-state index in [1.54, 1.807) is 12.1 Å². The maximum Gasteiger partial charge on any atom is 0.294 e. The molecule has 0 atom stereocenters. The third kappa shape index (κ3) is 2.96. The Morgan fingerprint density at radius 1 is 1.00 bits per heavy atom. The van der Waals surface area contributed by atoms with Crippen LogP contribution in [0.15, 0.2) is 58.5 Å². The molecule has 3 rings (SSSR count). The molecule has 0 aliphatic heterocycles. The standard InChI is InChI=1S/C15H14N2O3S/c18-21(19,20)13-8-6-12(7-9-13)16-17-15-10-5-11-3-1-2-4-14(11)15/h1-4,6-9,16H,5,10H2,(H,18,19,20). The van der Waals surface area contributed by atoms with Gasteiger partial charge in [0, 0.05) is 5.56 Å². The third-order valence-electron chi connectivity index (χ3n) is 3.43. The molecule has 0 amide bonds. The second kappa shape index (κ2) is 5.31. The van der Waals surface area contributed by atoms with Crippen LogP contribution >= 0.6 is 0 Å². The summed E-state index contributed by atoms with van der Waals surface area (Å²) < 4.78 is 30.8. The van der Waals surface area contributed by atoms with Gasteiger partial charge in [-0.25, -0.2) is 0 Å². The summed E-state index contributed by atoms with van der Waals surface area (Å²) in [6.45, 7) is 0. The van der Waals surface area contributed by atoms with Crippen LogP contribution < -0.4 is 5.43 Å². The minimum absolute atomic E-state index is 0.132. The Morgan fingerprint density at radius 3 is 2.43 bits per heavy atom. The average molecular weight is 302 g/mol. The first kappa shape index (κ1) is 13.8. The first-order valence-electron chi connectivity index (χ1n) is 6.52. The number of benzene rings is 2. The van der Waals surface area contributed by atoms with Gasteiger partial charge in [-0.15, -0.1) is 0 Å². The number of nitrogens with one attached hydrogen (secondary N) is 1. The highest BCUT2D eigenvalue weighted by atomic mass is 32.2. The summed E-state index contributed by atoms with van der Waals surface area (Å²) in [7, 11) is -4.15. The molecule has 2 aromatic rings. The van der Waals surface area contributed by atoms with Crippen LogP contribution in [0, 0.1) is 0 Å². The smallest absolute Gasteiger partial charge is 0.282 e. The highest BCUT2D eigenvalue weighted by Gasteiger charge is 2.16. The monoisotopic (exact) mass is 302 g/mol. The van der Waals surface area contributed by atoms with Crippen molar-refractivity contribution in [2.24, 2.45) is 5.10 Å². The van der Waals surface area contributed by atoms with Crippen LogP contribution in [0.5, 0.6) is 0 Å². The van der Waals surface area contributed by atoms with Crippen LogP contribution in [-0.4, -0.2) is 18.7 Å². The van der Waals surface area contributed by atoms with Gasteiger partial charge in [0.1, 0.15) is 0 Å². The summed E-state index contributed by atoms with van der Waals surface area (Å²) in [5.74, 6) is 0. The van der Waals surface area contributed by atoms with E-state index in [0.717, 1.165) is 24.1 Å². The zero-order chi connectivity index (χ0) is 14.9. The van der Waals surface area contributed by atoms with Crippen molar-refractivity contribution >= 4 is 21.5 Å². The summed E-state index contributed by atoms with van der Waals surface area (Å²) in [4.78, 5) is -0.132. The Morgan fingerprint density at radius 2 is 1.71 bits per heavy atom. The third-order valence-corrected chi connectivity index (χ3v) is 4.30. The molecule has 0 radical (unpaired) electrons. The van der Waals surface area contributed by atoms with E-state index in [1.165, 1.54) is 17.7 Å². The van der Waals surface area contributed by atoms with Crippen molar-refractivity contribution < 1.29 is 13.0 Å². The number of anilines is 1. The van der Waals surface area contributed by atoms with Crippen molar-refractivity contribution in [2.75, 3.05) is 5.43 Å². The maximum absolute atomic E-state index is 11.0. The lowest BCUT2D eigenvalue weighted by atomic mass is 10.1. The summed E-state index contributed by atoms with van der Waals surface area (Å²) in [6.07, 6.45) is 1.87. The fraction of sp³-hybridized carbons (Fsp3) is 0.133. The number of aryl methyl sites for hydroxylation is 1. The van der Waals surface area contributed by atoms with Gasteiger partial charge in [-0.2, -0.15) is 13.5 Å². The number of hydrazone groups is 1. The molecule has 2 N–H and O–H groups in total. The minimum Gasteiger partial charge on any atom is -0.282 e. The summed E-state index contributed by atoms with van der Waals surface area (Å²) in [5.41, 5.74) is 7.02. The van der Waals surface area contributed by atoms with Gasteiger partial charge in [-0.3, -0.25) is 9.98 Å². The molecule has 0 heterocycles. The van der Waals surface area contributed by atoms with Crippen molar-refractivity contribution in [2.45, 2.75) is 17.7 Å². The molecule has 1 aliphatic rings. The number of nitrogens with zero attached hydrogens (tertiary/aromatic N) is 1. The van der Waals surface area contributed by atoms with Crippen LogP contribution in [0.2, 0.25) is 0 Å². The van der Waals surface area contributed by atoms with Crippen molar-refractivity contribution in [3.05, 3.63) is 59.7 Å². The molecule has 0 aromatic heterocycles. The lowest BCUT2D eigenvalue weighted by molar-refractivity contribution is 0.483. The summed E-state index contributed by atoms with van der Waals surface area (Å²) in [6, 6.07) is 13.9. The van der Waals surface area contributed by atoms with E-state index in [0.29, 0.717) is 5.69 Å². The van der Waals surface area contributed by atoms with E-state index in [1.807, 2.05) is 18.2 Å². The first-order valence-corrected chi connectivity index (χ1v) is 7.96. The van der Waals surface area contributed by atoms with Gasteiger partial charge in [-0.05, 0) is 42.7 Å². The normalized spacial score (nSPS) is 16.0. The fourth-order valence-corrected chi connectivity index (χ4v) is 2.84. The molecule has 0 saturated carbocycles. The number of fused-ring (bicyclic) bond motifs is 1. The van der Waals surface area contributed by atoms with E-state index < -0.39 is 10.1 Å². The van der Waals surface area contributed by atoms with Crippen LogP contribution in [0.4, 0.5) is 5.69 Å². The average Bonchev–Trinajstić information content (AvgIpc) is 2.88. The van der Waals surface area contributed by atoms with E-state index in [-0.39, 0.29) is 4.90 Å². The van der Waals surface area contributed by atoms with Gasteiger partial charge in [0.05, 0.1) is 16.3 Å². The molecule has 108 valence electrons. The van der Waals surface area contributed by atoms with Gasteiger partial charge < -0.3 is 0 Å². The molecular weight excluding hydrogens is 288 g/mol. The van der Waals surface area contributed by atoms with E-state index in [9.17, 15) is 8.42 Å². The van der Waals surface area contributed by atoms with Crippen molar-refractivity contribution in [1.29, 1.82) is 0 Å². The van der Waals surface area contributed by atoms with Crippen molar-refractivity contribution in [1.82, 2.24) is 0 Å². The molecule has 2 aromatic carbocycles. The summed E-state index contributed by atoms with van der Waals surface area (Å²) in [5, 5.41) is 4.38. The second-order valence-electron chi connectivity index (χ2n) is 4.83. The lowest BCUT2D eigenvalue weighted by Gasteiger charge is -2.04. The zero-order valence-corrected chi connectivity index (χ0v) is 12.0. The number of hydrogen-bond acceptors (Lipinski definition) is 4. The quantitative estimate of drug-likeness (QED) is 0.675. The Labute approximate surface area is 123 Å². The first-order chi connectivity index (χ1) is 10.0. The SMILES string of the molecule is O=S(=O)(O)c1ccc(NN=C2CCc3ccccc32)cc1. The van der Waals surface area contributed by atoms with Gasteiger partial charge in [0.25, 0.3) is 10.1 Å². The molecule has 0 saturated heterocycles. The highest BCUT2D eigenvalue weighted by molar-refractivity contribution is 7.85. The van der Waals surface area contributed by atoms with Crippen LogP contribution in [0.3, 0.4) is 0 Å². The van der Waals surface area contributed by atoms with E-state index >= 15 is 0 Å². The topological polar surface area (TPSA) is 78.8 Å². The van der Waals surface area contributed by atoms with Crippen molar-refractivity contribution in [3.63, 3.8) is 0 Å². The molecular formula is C15H14N2O3S. The number of hydrogen-bond donors (Lipinski definition) is 2. The number of rotatable bonds is 3. The fourth-order valence-electron chi connectivity index (χ4n) is 2.36. The molecule has 0 unspecified atom stereocenters. The highest BCUT2D eigenvalue weighted by Crippen LogP contribution is 2.22. The van der Waals surface area contributed by atoms with Crippen molar-refractivity contribution in [3.8, 4) is 0 Å². The van der Waals surface area contributed by atoms with E-state index in [4.69, 9.17) is 4.55 Å². The largest absolute Gasteiger partial charge is 0.294 e. The Balaban J connectivity index is 1.78. The zero-order valence-electron chi connectivity index (χ0n) is 11.2. The molecule has 6 heteroatoms. The molecule has 1 aliphatic carbocycles. The Bertz CT molecular complexity index is 796. The molecule has 5 nitrogen and oxygen atoms in total. The molecule has 21 heavy (non-hydrogen) atoms. The van der Waals surface area contributed by atoms with Gasteiger partial charge in [0.2, 0.25) is 0 Å². The lowest BCUT2D eigenvalue weighted by Crippen LogP contribution is -2.01. The van der Waals surface area contributed by atoms with E-state index in [2.05, 4.69) is 16.6 Å². The van der Waals surface area contributed by atoms with Gasteiger partial charge in [0.15, 0.2) is 0 Å². The molecule has 0 bridgehead atoms. The molecule has 0 fully saturated rings.